The van der Waals surface area contributed by atoms with Crippen molar-refractivity contribution in [2.45, 2.75) is 25.6 Å². The van der Waals surface area contributed by atoms with Crippen LogP contribution in [0.25, 0.3) is 0 Å². The van der Waals surface area contributed by atoms with Crippen LogP contribution in [-0.4, -0.2) is 22.4 Å². The summed E-state index contributed by atoms with van der Waals surface area (Å²) in [6, 6.07) is 0. The number of rotatable bonds is 0. The number of allylic oxidation sites excluding steroid dienone is 2. The lowest BCUT2D eigenvalue weighted by molar-refractivity contribution is 0.0205. The Hall–Kier alpha value is -0.600. The molecule has 0 spiro atoms. The van der Waals surface area contributed by atoms with Crippen LogP contribution in [0.3, 0.4) is 0 Å². The first-order chi connectivity index (χ1) is 6.68. The van der Waals surface area contributed by atoms with Gasteiger partial charge in [-0.2, -0.15) is 0 Å². The zero-order chi connectivity index (χ0) is 9.87. The van der Waals surface area contributed by atoms with Crippen molar-refractivity contribution in [1.29, 1.82) is 0 Å². The zero-order valence-corrected chi connectivity index (χ0v) is 8.30. The minimum atomic E-state index is -0.344. The number of hydrogen-bond acceptors (Lipinski definition) is 2. The first-order valence-corrected chi connectivity index (χ1v) is 5.41. The molecule has 1 fully saturated rings. The minimum absolute atomic E-state index is 0.267. The van der Waals surface area contributed by atoms with Gasteiger partial charge in [0.2, 0.25) is 0 Å². The molecular weight excluding hydrogens is 176 g/mol. The Morgan fingerprint density at radius 2 is 1.79 bits per heavy atom. The van der Waals surface area contributed by atoms with Crippen molar-refractivity contribution < 1.29 is 10.2 Å². The van der Waals surface area contributed by atoms with Crippen molar-refractivity contribution in [2.24, 2.45) is 23.7 Å². The topological polar surface area (TPSA) is 40.5 Å². The molecule has 0 aliphatic heterocycles. The van der Waals surface area contributed by atoms with Crippen LogP contribution in [-0.2, 0) is 0 Å². The molecule has 6 atom stereocenters. The van der Waals surface area contributed by atoms with Gasteiger partial charge in [0, 0.05) is 11.8 Å². The fraction of sp³-hybridized carbons (Fsp3) is 0.667. The fourth-order valence-corrected chi connectivity index (χ4v) is 3.61. The van der Waals surface area contributed by atoms with Crippen LogP contribution in [0.1, 0.15) is 13.3 Å². The monoisotopic (exact) mass is 192 g/mol. The molecule has 2 heteroatoms. The highest BCUT2D eigenvalue weighted by molar-refractivity contribution is 5.26. The molecule has 3 aliphatic rings. The second-order valence-electron chi connectivity index (χ2n) is 4.95. The first-order valence-electron chi connectivity index (χ1n) is 5.41. The average molecular weight is 192 g/mol. The number of aliphatic hydroxyl groups excluding tert-OH is 2. The van der Waals surface area contributed by atoms with Gasteiger partial charge in [0.25, 0.3) is 0 Å². The van der Waals surface area contributed by atoms with Crippen LogP contribution in [0.4, 0.5) is 0 Å². The first kappa shape index (κ1) is 8.69. The molecule has 0 heterocycles. The molecule has 2 nitrogen and oxygen atoms in total. The van der Waals surface area contributed by atoms with E-state index in [1.54, 1.807) is 0 Å². The third-order valence-corrected chi connectivity index (χ3v) is 4.24. The smallest absolute Gasteiger partial charge is 0.0786 e. The van der Waals surface area contributed by atoms with Gasteiger partial charge in [-0.1, -0.05) is 18.2 Å². The number of fused-ring (bicyclic) bond motifs is 5. The van der Waals surface area contributed by atoms with E-state index in [9.17, 15) is 10.2 Å². The molecule has 2 N–H and O–H groups in total. The summed E-state index contributed by atoms with van der Waals surface area (Å²) in [6.45, 7) is 1.92. The molecule has 0 aromatic rings. The lowest BCUT2D eigenvalue weighted by Crippen LogP contribution is -2.41. The van der Waals surface area contributed by atoms with Crippen molar-refractivity contribution >= 4 is 0 Å². The van der Waals surface area contributed by atoms with Crippen LogP contribution < -0.4 is 0 Å². The largest absolute Gasteiger partial charge is 0.389 e. The summed E-state index contributed by atoms with van der Waals surface area (Å²) in [5, 5.41) is 20.0. The molecule has 1 saturated carbocycles. The van der Waals surface area contributed by atoms with Crippen molar-refractivity contribution in [3.05, 3.63) is 23.8 Å². The normalized spacial score (nSPS) is 54.6. The molecule has 3 aliphatic carbocycles. The maximum Gasteiger partial charge on any atom is 0.0786 e. The maximum absolute atomic E-state index is 10.1. The second-order valence-corrected chi connectivity index (χ2v) is 4.95. The summed E-state index contributed by atoms with van der Waals surface area (Å²) in [7, 11) is 0. The van der Waals surface area contributed by atoms with E-state index in [1.165, 1.54) is 0 Å². The fourth-order valence-electron chi connectivity index (χ4n) is 3.61. The summed E-state index contributed by atoms with van der Waals surface area (Å²) in [5.41, 5.74) is 0.944. The average Bonchev–Trinajstić information content (AvgIpc) is 2.73. The predicted molar refractivity (Wildman–Crippen MR) is 53.5 cm³/mol. The highest BCUT2D eigenvalue weighted by Crippen LogP contribution is 2.53. The van der Waals surface area contributed by atoms with Gasteiger partial charge in [-0.15, -0.1) is 0 Å². The molecular formula is C12H16O2. The van der Waals surface area contributed by atoms with Gasteiger partial charge >= 0.3 is 0 Å². The van der Waals surface area contributed by atoms with E-state index in [1.807, 2.05) is 13.0 Å². The van der Waals surface area contributed by atoms with Gasteiger partial charge in [0.1, 0.15) is 0 Å². The second kappa shape index (κ2) is 2.71. The quantitative estimate of drug-likeness (QED) is 0.564. The molecule has 0 radical (unpaired) electrons. The van der Waals surface area contributed by atoms with E-state index in [-0.39, 0.29) is 24.0 Å². The molecule has 2 bridgehead atoms. The summed E-state index contributed by atoms with van der Waals surface area (Å²) in [6.07, 6.45) is 6.73. The predicted octanol–water partition coefficient (Wildman–Crippen LogP) is 1.11. The standard InChI is InChI=1S/C12H16O2/c1-6-4-9(13)10-7-2-3-8(5-7)11(10)12(6)14/h2-4,7-14H,5H2,1H3/t7-,8+,9?,10+,11+,12?/m0/s1. The van der Waals surface area contributed by atoms with Crippen LogP contribution in [0.5, 0.6) is 0 Å². The Labute approximate surface area is 83.9 Å². The lowest BCUT2D eigenvalue weighted by atomic mass is 9.71. The molecule has 0 amide bonds. The van der Waals surface area contributed by atoms with E-state index in [2.05, 4.69) is 12.2 Å². The Bertz CT molecular complexity index is 318. The van der Waals surface area contributed by atoms with Crippen molar-refractivity contribution in [3.63, 3.8) is 0 Å². The number of hydrogen-bond donors (Lipinski definition) is 2. The van der Waals surface area contributed by atoms with Crippen LogP contribution in [0.15, 0.2) is 23.8 Å². The van der Waals surface area contributed by atoms with Crippen molar-refractivity contribution in [2.75, 3.05) is 0 Å². The molecule has 0 saturated heterocycles. The van der Waals surface area contributed by atoms with E-state index in [0.29, 0.717) is 11.8 Å². The zero-order valence-electron chi connectivity index (χ0n) is 8.30. The van der Waals surface area contributed by atoms with Gasteiger partial charge in [0.05, 0.1) is 12.2 Å². The summed E-state index contributed by atoms with van der Waals surface area (Å²) >= 11 is 0. The van der Waals surface area contributed by atoms with Crippen molar-refractivity contribution in [3.8, 4) is 0 Å². The Balaban J connectivity index is 2.01. The van der Waals surface area contributed by atoms with Gasteiger partial charge < -0.3 is 10.2 Å². The molecule has 2 unspecified atom stereocenters. The van der Waals surface area contributed by atoms with E-state index >= 15 is 0 Å². The SMILES string of the molecule is CC1=CC(O)[C@@H]2[C@H](C1O)[C@@H]1C=C[C@H]2C1. The molecule has 0 aromatic carbocycles. The Morgan fingerprint density at radius 1 is 1.14 bits per heavy atom. The third-order valence-electron chi connectivity index (χ3n) is 4.24. The van der Waals surface area contributed by atoms with Crippen LogP contribution >= 0.6 is 0 Å². The Morgan fingerprint density at radius 3 is 2.50 bits per heavy atom. The summed E-state index contributed by atoms with van der Waals surface area (Å²) in [4.78, 5) is 0. The molecule has 14 heavy (non-hydrogen) atoms. The third kappa shape index (κ3) is 0.931. The molecule has 0 aromatic heterocycles. The van der Waals surface area contributed by atoms with Gasteiger partial charge in [-0.05, 0) is 30.8 Å². The summed E-state index contributed by atoms with van der Waals surface area (Å²) < 4.78 is 0. The molecule has 76 valence electrons. The lowest BCUT2D eigenvalue weighted by Gasteiger charge is -2.38. The number of aliphatic hydroxyl groups is 2. The van der Waals surface area contributed by atoms with E-state index in [4.69, 9.17) is 0 Å². The Kier molecular flexibility index (Phi) is 1.68. The van der Waals surface area contributed by atoms with Gasteiger partial charge in [-0.3, -0.25) is 0 Å². The van der Waals surface area contributed by atoms with Crippen LogP contribution in [0, 0.1) is 23.7 Å². The molecule has 3 rings (SSSR count). The highest BCUT2D eigenvalue weighted by Gasteiger charge is 2.52. The van der Waals surface area contributed by atoms with Crippen LogP contribution in [0.2, 0.25) is 0 Å². The van der Waals surface area contributed by atoms with E-state index in [0.717, 1.165) is 12.0 Å². The van der Waals surface area contributed by atoms with E-state index < -0.39 is 0 Å². The highest BCUT2D eigenvalue weighted by atomic mass is 16.3. The van der Waals surface area contributed by atoms with Gasteiger partial charge in [0.15, 0.2) is 0 Å². The summed E-state index contributed by atoms with van der Waals surface area (Å²) in [5.74, 6) is 1.53. The minimum Gasteiger partial charge on any atom is -0.389 e. The van der Waals surface area contributed by atoms with Crippen molar-refractivity contribution in [1.82, 2.24) is 0 Å². The van der Waals surface area contributed by atoms with Gasteiger partial charge in [-0.25, -0.2) is 0 Å². The maximum atomic E-state index is 10.1.